The minimum absolute atomic E-state index is 0.0223. The Labute approximate surface area is 221 Å². The number of ether oxygens (including phenoxy) is 2. The lowest BCUT2D eigenvalue weighted by atomic mass is 10.1. The Morgan fingerprint density at radius 1 is 1.15 bits per heavy atom. The van der Waals surface area contributed by atoms with Crippen LogP contribution in [0.1, 0.15) is 22.3 Å². The number of nitro groups is 1. The molecule has 1 aliphatic heterocycles. The zero-order valence-corrected chi connectivity index (χ0v) is 21.9. The van der Waals surface area contributed by atoms with E-state index in [0.717, 1.165) is 7.14 Å². The van der Waals surface area contributed by atoms with Gasteiger partial charge in [0.1, 0.15) is 18.2 Å². The molecular formula is C24H15FI2N2O5. The molecule has 0 radical (unpaired) electrons. The van der Waals surface area contributed by atoms with Crippen molar-refractivity contribution in [2.75, 3.05) is 0 Å². The molecule has 0 saturated carbocycles. The van der Waals surface area contributed by atoms with E-state index in [1.54, 1.807) is 37.3 Å². The topological polar surface area (TPSA) is 91.0 Å². The fourth-order valence-corrected chi connectivity index (χ4v) is 5.38. The number of carbonyl (C=O) groups is 1. The third-order valence-corrected chi connectivity index (χ3v) is 6.52. The van der Waals surface area contributed by atoms with Gasteiger partial charge in [-0.3, -0.25) is 10.1 Å². The first-order chi connectivity index (χ1) is 16.2. The average Bonchev–Trinajstić information content (AvgIpc) is 3.14. The van der Waals surface area contributed by atoms with Gasteiger partial charge in [0.05, 0.1) is 12.1 Å². The first-order valence-corrected chi connectivity index (χ1v) is 12.0. The van der Waals surface area contributed by atoms with E-state index >= 15 is 0 Å². The van der Waals surface area contributed by atoms with Crippen molar-refractivity contribution in [3.63, 3.8) is 0 Å². The maximum Gasteiger partial charge on any atom is 0.363 e. The Morgan fingerprint density at radius 2 is 1.85 bits per heavy atom. The Balaban J connectivity index is 1.57. The highest BCUT2D eigenvalue weighted by Gasteiger charge is 2.25. The maximum absolute atomic E-state index is 13.9. The standard InChI is InChI=1S/C24H15FI2N2O5/c1-13-8-15(6-7-21(13)29(31)32)23-28-20(24(30)34-23)11-14-9-18(26)22(19(27)10-14)33-12-16-4-2-3-5-17(16)25/h2-11H,12H2,1H3/b20-11-. The number of carbonyl (C=O) groups excluding carboxylic acids is 1. The van der Waals surface area contributed by atoms with E-state index in [4.69, 9.17) is 9.47 Å². The summed E-state index contributed by atoms with van der Waals surface area (Å²) in [5.74, 6) is -0.240. The minimum atomic E-state index is -0.615. The van der Waals surface area contributed by atoms with Crippen LogP contribution in [-0.2, 0) is 16.1 Å². The first-order valence-electron chi connectivity index (χ1n) is 9.86. The maximum atomic E-state index is 13.9. The van der Waals surface area contributed by atoms with E-state index in [1.165, 1.54) is 18.2 Å². The molecule has 1 aliphatic rings. The SMILES string of the molecule is Cc1cc(C2=N/C(=C\c3cc(I)c(OCc4ccccc4F)c(I)c3)C(=O)O2)ccc1[N+](=O)[O-]. The lowest BCUT2D eigenvalue weighted by Crippen LogP contribution is -2.06. The second-order valence-electron chi connectivity index (χ2n) is 7.29. The van der Waals surface area contributed by atoms with Gasteiger partial charge >= 0.3 is 5.97 Å². The van der Waals surface area contributed by atoms with Crippen molar-refractivity contribution in [1.29, 1.82) is 0 Å². The van der Waals surface area contributed by atoms with Crippen LogP contribution in [0.2, 0.25) is 0 Å². The van der Waals surface area contributed by atoms with Crippen LogP contribution in [0.3, 0.4) is 0 Å². The van der Waals surface area contributed by atoms with E-state index in [9.17, 15) is 19.3 Å². The molecule has 0 saturated heterocycles. The molecule has 0 spiro atoms. The molecule has 172 valence electrons. The fourth-order valence-electron chi connectivity index (χ4n) is 3.25. The van der Waals surface area contributed by atoms with E-state index in [0.29, 0.717) is 28.0 Å². The van der Waals surface area contributed by atoms with Crippen molar-refractivity contribution in [3.05, 3.63) is 106 Å². The summed E-state index contributed by atoms with van der Waals surface area (Å²) in [4.78, 5) is 27.2. The quantitative estimate of drug-likeness (QED) is 0.102. The Morgan fingerprint density at radius 3 is 2.50 bits per heavy atom. The number of hydrogen-bond acceptors (Lipinski definition) is 6. The van der Waals surface area contributed by atoms with Gasteiger partial charge in [-0.1, -0.05) is 18.2 Å². The van der Waals surface area contributed by atoms with Gasteiger partial charge < -0.3 is 9.47 Å². The number of esters is 1. The molecule has 3 aromatic carbocycles. The number of cyclic esters (lactones) is 1. The number of aliphatic imine (C=N–C) groups is 1. The molecular weight excluding hydrogens is 669 g/mol. The number of aryl methyl sites for hydroxylation is 1. The molecule has 0 unspecified atom stereocenters. The number of hydrogen-bond donors (Lipinski definition) is 0. The fraction of sp³-hybridized carbons (Fsp3) is 0.0833. The summed E-state index contributed by atoms with van der Waals surface area (Å²) < 4.78 is 26.6. The lowest BCUT2D eigenvalue weighted by Gasteiger charge is -2.12. The first kappa shape index (κ1) is 24.3. The normalized spacial score (nSPS) is 14.2. The second-order valence-corrected chi connectivity index (χ2v) is 9.61. The summed E-state index contributed by atoms with van der Waals surface area (Å²) in [6.07, 6.45) is 1.60. The van der Waals surface area contributed by atoms with Gasteiger partial charge in [-0.15, -0.1) is 0 Å². The van der Waals surface area contributed by atoms with Crippen molar-refractivity contribution in [2.45, 2.75) is 13.5 Å². The summed E-state index contributed by atoms with van der Waals surface area (Å²) in [6, 6.07) is 14.5. The van der Waals surface area contributed by atoms with E-state index in [-0.39, 0.29) is 29.7 Å². The average molecular weight is 684 g/mol. The van der Waals surface area contributed by atoms with Gasteiger partial charge in [-0.2, -0.15) is 0 Å². The van der Waals surface area contributed by atoms with Crippen molar-refractivity contribution in [1.82, 2.24) is 0 Å². The predicted octanol–water partition coefficient (Wildman–Crippen LogP) is 6.18. The van der Waals surface area contributed by atoms with Gasteiger partial charge in [-0.05, 0) is 94.1 Å². The molecule has 0 fully saturated rings. The molecule has 0 atom stereocenters. The highest BCUT2D eigenvalue weighted by Crippen LogP contribution is 2.31. The summed E-state index contributed by atoms with van der Waals surface area (Å²) in [7, 11) is 0. The van der Waals surface area contributed by atoms with Gasteiger partial charge in [0.2, 0.25) is 5.90 Å². The molecule has 0 bridgehead atoms. The van der Waals surface area contributed by atoms with Gasteiger partial charge in [0, 0.05) is 22.8 Å². The molecule has 1 heterocycles. The highest BCUT2D eigenvalue weighted by molar-refractivity contribution is 14.1. The van der Waals surface area contributed by atoms with Crippen LogP contribution in [0.5, 0.6) is 5.75 Å². The molecule has 34 heavy (non-hydrogen) atoms. The molecule has 0 N–H and O–H groups in total. The highest BCUT2D eigenvalue weighted by atomic mass is 127. The number of rotatable bonds is 6. The van der Waals surface area contributed by atoms with Crippen LogP contribution in [-0.4, -0.2) is 16.8 Å². The van der Waals surface area contributed by atoms with Crippen molar-refractivity contribution < 1.29 is 23.6 Å². The third-order valence-electron chi connectivity index (χ3n) is 4.91. The van der Waals surface area contributed by atoms with E-state index in [1.807, 2.05) is 12.1 Å². The molecule has 0 amide bonds. The van der Waals surface area contributed by atoms with Crippen molar-refractivity contribution in [3.8, 4) is 5.75 Å². The molecule has 4 rings (SSSR count). The lowest BCUT2D eigenvalue weighted by molar-refractivity contribution is -0.385. The predicted molar refractivity (Wildman–Crippen MR) is 141 cm³/mol. The molecule has 10 heteroatoms. The summed E-state index contributed by atoms with van der Waals surface area (Å²) in [5.41, 5.74) is 2.17. The van der Waals surface area contributed by atoms with Crippen LogP contribution in [0, 0.1) is 30.0 Å². The van der Waals surface area contributed by atoms with E-state index in [2.05, 4.69) is 50.2 Å². The van der Waals surface area contributed by atoms with Crippen LogP contribution in [0.25, 0.3) is 6.08 Å². The minimum Gasteiger partial charge on any atom is -0.487 e. The van der Waals surface area contributed by atoms with Crippen LogP contribution in [0.4, 0.5) is 10.1 Å². The zero-order chi connectivity index (χ0) is 24.4. The zero-order valence-electron chi connectivity index (χ0n) is 17.6. The third kappa shape index (κ3) is 5.27. The smallest absolute Gasteiger partial charge is 0.363 e. The monoisotopic (exact) mass is 684 g/mol. The Bertz CT molecular complexity index is 1360. The van der Waals surface area contributed by atoms with Crippen LogP contribution in [0.15, 0.2) is 65.3 Å². The Hall–Kier alpha value is -2.87. The van der Waals surface area contributed by atoms with Crippen molar-refractivity contribution >= 4 is 68.8 Å². The van der Waals surface area contributed by atoms with Crippen LogP contribution >= 0.6 is 45.2 Å². The summed E-state index contributed by atoms with van der Waals surface area (Å²) in [5, 5.41) is 11.0. The van der Waals surface area contributed by atoms with Crippen LogP contribution < -0.4 is 4.74 Å². The summed E-state index contributed by atoms with van der Waals surface area (Å²) in [6.45, 7) is 1.70. The number of nitrogens with zero attached hydrogens (tertiary/aromatic N) is 2. The summed E-state index contributed by atoms with van der Waals surface area (Å²) >= 11 is 4.24. The van der Waals surface area contributed by atoms with Crippen molar-refractivity contribution in [2.24, 2.45) is 4.99 Å². The number of benzene rings is 3. The Kier molecular flexibility index (Phi) is 7.26. The van der Waals surface area contributed by atoms with E-state index < -0.39 is 10.9 Å². The molecule has 0 aromatic heterocycles. The van der Waals surface area contributed by atoms with Gasteiger partial charge in [0.25, 0.3) is 5.69 Å². The van der Waals surface area contributed by atoms with Gasteiger partial charge in [-0.25, -0.2) is 14.2 Å². The number of halogens is 3. The molecule has 0 aliphatic carbocycles. The molecule has 3 aromatic rings. The number of nitro benzene ring substituents is 1. The van der Waals surface area contributed by atoms with Gasteiger partial charge in [0.15, 0.2) is 5.70 Å². The molecule has 7 nitrogen and oxygen atoms in total. The largest absolute Gasteiger partial charge is 0.487 e. The second kappa shape index (κ2) is 10.2.